The van der Waals surface area contributed by atoms with E-state index in [1.807, 2.05) is 13.0 Å². The summed E-state index contributed by atoms with van der Waals surface area (Å²) < 4.78 is 77.5. The number of hydrogen-bond donors (Lipinski definition) is 0. The lowest BCUT2D eigenvalue weighted by atomic mass is 9.82. The van der Waals surface area contributed by atoms with Gasteiger partial charge in [-0.25, -0.2) is 17.6 Å². The van der Waals surface area contributed by atoms with E-state index in [1.165, 1.54) is 25.1 Å². The van der Waals surface area contributed by atoms with Crippen LogP contribution in [0.5, 0.6) is 5.75 Å². The van der Waals surface area contributed by atoms with Gasteiger partial charge in [0.25, 0.3) is 0 Å². The molecule has 1 aliphatic carbocycles. The Morgan fingerprint density at radius 2 is 1.68 bits per heavy atom. The van der Waals surface area contributed by atoms with Gasteiger partial charge in [-0.2, -0.15) is 4.39 Å². The summed E-state index contributed by atoms with van der Waals surface area (Å²) in [5.41, 5.74) is 2.83. The molecule has 1 unspecified atom stereocenters. The summed E-state index contributed by atoms with van der Waals surface area (Å²) in [6.45, 7) is 3.84. The van der Waals surface area contributed by atoms with E-state index in [0.717, 1.165) is 18.4 Å². The average Bonchev–Trinajstić information content (AvgIpc) is 2.90. The Hall–Kier alpha value is -3.15. The summed E-state index contributed by atoms with van der Waals surface area (Å²) >= 11 is 0. The molecule has 0 aliphatic heterocycles. The molecule has 1 atom stereocenters. The van der Waals surface area contributed by atoms with Gasteiger partial charge in [0.2, 0.25) is 5.82 Å². The van der Waals surface area contributed by atoms with Crippen molar-refractivity contribution in [3.63, 3.8) is 0 Å². The highest BCUT2D eigenvalue weighted by molar-refractivity contribution is 5.67. The van der Waals surface area contributed by atoms with Gasteiger partial charge in [0, 0.05) is 5.56 Å². The maximum absolute atomic E-state index is 15.0. The van der Waals surface area contributed by atoms with E-state index >= 15 is 0 Å². The third-order valence-corrected chi connectivity index (χ3v) is 7.10. The van der Waals surface area contributed by atoms with Crippen LogP contribution in [0, 0.1) is 36.0 Å². The molecule has 0 amide bonds. The van der Waals surface area contributed by atoms with Gasteiger partial charge >= 0.3 is 0 Å². The van der Waals surface area contributed by atoms with Crippen LogP contribution in [0.2, 0.25) is 0 Å². The highest BCUT2D eigenvalue weighted by Gasteiger charge is 2.23. The van der Waals surface area contributed by atoms with E-state index in [1.54, 1.807) is 24.3 Å². The van der Waals surface area contributed by atoms with E-state index < -0.39 is 23.3 Å². The van der Waals surface area contributed by atoms with E-state index in [4.69, 9.17) is 4.74 Å². The van der Waals surface area contributed by atoms with Crippen molar-refractivity contribution >= 4 is 5.57 Å². The second kappa shape index (κ2) is 11.9. The van der Waals surface area contributed by atoms with Crippen LogP contribution in [0.1, 0.15) is 72.8 Å². The minimum absolute atomic E-state index is 0.0941. The summed E-state index contributed by atoms with van der Waals surface area (Å²) in [6, 6.07) is 11.1. The second-order valence-electron chi connectivity index (χ2n) is 9.67. The number of hydrogen-bond acceptors (Lipinski definition) is 1. The lowest BCUT2D eigenvalue weighted by Gasteiger charge is -2.23. The summed E-state index contributed by atoms with van der Waals surface area (Å²) in [4.78, 5) is 0. The maximum Gasteiger partial charge on any atom is 0.200 e. The predicted octanol–water partition coefficient (Wildman–Crippen LogP) is 9.01. The van der Waals surface area contributed by atoms with Crippen LogP contribution >= 0.6 is 0 Å². The molecule has 0 saturated heterocycles. The molecule has 0 saturated carbocycles. The molecule has 1 aliphatic rings. The number of halogens is 5. The highest BCUT2D eigenvalue weighted by atomic mass is 19.2. The molecule has 0 radical (unpaired) electrons. The van der Waals surface area contributed by atoms with Gasteiger partial charge in [0.15, 0.2) is 23.2 Å². The average molecular weight is 515 g/mol. The van der Waals surface area contributed by atoms with Crippen LogP contribution in [-0.2, 0) is 12.8 Å². The minimum Gasteiger partial charge on any atom is -0.490 e. The lowest BCUT2D eigenvalue weighted by molar-refractivity contribution is 0.288. The Balaban J connectivity index is 1.40. The zero-order valence-electron chi connectivity index (χ0n) is 21.2. The Morgan fingerprint density at radius 3 is 2.38 bits per heavy atom. The Kier molecular flexibility index (Phi) is 8.67. The number of aryl methyl sites for hydroxylation is 3. The van der Waals surface area contributed by atoms with E-state index in [0.29, 0.717) is 49.0 Å². The Bertz CT molecular complexity index is 1300. The fraction of sp³-hybridized carbons (Fsp3) is 0.355. The normalized spacial score (nSPS) is 15.5. The standard InChI is InChI=1S/C31H31F5O/c1-3-4-17-37-27-16-13-23(29(34)31(27)36)8-6-20-7-15-24(26(32)18-20)21-9-11-22(12-10-21)25-14-5-19(2)28(33)30(25)35/h5,7,9,13-16,18,22H,3-4,6,8,10-12,17H2,1-2H3. The zero-order chi connectivity index (χ0) is 26.5. The molecule has 0 bridgehead atoms. The van der Waals surface area contributed by atoms with Crippen molar-refractivity contribution in [2.45, 2.75) is 64.7 Å². The number of rotatable bonds is 9. The van der Waals surface area contributed by atoms with Crippen LogP contribution in [0.15, 0.2) is 48.5 Å². The van der Waals surface area contributed by atoms with Crippen LogP contribution in [0.25, 0.3) is 5.57 Å². The molecule has 6 heteroatoms. The molecule has 1 nitrogen and oxygen atoms in total. The van der Waals surface area contributed by atoms with Gasteiger partial charge in [0.1, 0.15) is 5.82 Å². The topological polar surface area (TPSA) is 9.23 Å². The van der Waals surface area contributed by atoms with Crippen molar-refractivity contribution < 1.29 is 26.7 Å². The SMILES string of the molecule is CCCCOc1ccc(CCc2ccc(C3=CCC(c4ccc(C)c(F)c4F)CC3)c(F)c2)c(F)c1F. The number of unbranched alkanes of at least 4 members (excludes halogenated alkanes) is 1. The molecule has 0 aromatic heterocycles. The third kappa shape index (κ3) is 6.06. The molecule has 37 heavy (non-hydrogen) atoms. The van der Waals surface area contributed by atoms with Crippen LogP contribution in [-0.4, -0.2) is 6.61 Å². The van der Waals surface area contributed by atoms with E-state index in [9.17, 15) is 22.0 Å². The van der Waals surface area contributed by atoms with Gasteiger partial charge in [-0.3, -0.25) is 0 Å². The van der Waals surface area contributed by atoms with Gasteiger partial charge in [0.05, 0.1) is 6.61 Å². The smallest absolute Gasteiger partial charge is 0.200 e. The van der Waals surface area contributed by atoms with Gasteiger partial charge in [-0.1, -0.05) is 49.8 Å². The molecular formula is C31H31F5O. The molecular weight excluding hydrogens is 483 g/mol. The lowest BCUT2D eigenvalue weighted by Crippen LogP contribution is -2.08. The highest BCUT2D eigenvalue weighted by Crippen LogP contribution is 2.38. The predicted molar refractivity (Wildman–Crippen MR) is 136 cm³/mol. The third-order valence-electron chi connectivity index (χ3n) is 7.10. The molecule has 3 aromatic carbocycles. The zero-order valence-corrected chi connectivity index (χ0v) is 21.2. The molecule has 0 N–H and O–H groups in total. The van der Waals surface area contributed by atoms with Crippen molar-refractivity contribution in [2.24, 2.45) is 0 Å². The first-order valence-electron chi connectivity index (χ1n) is 12.8. The van der Waals surface area contributed by atoms with Crippen molar-refractivity contribution in [3.8, 4) is 5.75 Å². The maximum atomic E-state index is 15.0. The molecule has 0 fully saturated rings. The van der Waals surface area contributed by atoms with Crippen LogP contribution in [0.3, 0.4) is 0 Å². The van der Waals surface area contributed by atoms with E-state index in [2.05, 4.69) is 0 Å². The van der Waals surface area contributed by atoms with Gasteiger partial charge in [-0.15, -0.1) is 0 Å². The fourth-order valence-electron chi connectivity index (χ4n) is 4.79. The summed E-state index contributed by atoms with van der Waals surface area (Å²) in [5.74, 6) is -4.17. The van der Waals surface area contributed by atoms with Crippen molar-refractivity contribution in [1.29, 1.82) is 0 Å². The summed E-state index contributed by atoms with van der Waals surface area (Å²) in [5, 5.41) is 0. The van der Waals surface area contributed by atoms with Crippen molar-refractivity contribution in [1.82, 2.24) is 0 Å². The number of ether oxygens (including phenoxy) is 1. The first-order valence-corrected chi connectivity index (χ1v) is 12.8. The molecule has 0 heterocycles. The quantitative estimate of drug-likeness (QED) is 0.205. The second-order valence-corrected chi connectivity index (χ2v) is 9.67. The van der Waals surface area contributed by atoms with E-state index in [-0.39, 0.29) is 35.0 Å². The summed E-state index contributed by atoms with van der Waals surface area (Å²) in [7, 11) is 0. The van der Waals surface area contributed by atoms with Gasteiger partial charge < -0.3 is 4.74 Å². The van der Waals surface area contributed by atoms with Crippen molar-refractivity contribution in [2.75, 3.05) is 6.61 Å². The summed E-state index contributed by atoms with van der Waals surface area (Å²) in [6.07, 6.45) is 5.76. The molecule has 4 rings (SSSR count). The molecule has 0 spiro atoms. The van der Waals surface area contributed by atoms with Crippen LogP contribution < -0.4 is 4.74 Å². The fourth-order valence-corrected chi connectivity index (χ4v) is 4.79. The monoisotopic (exact) mass is 514 g/mol. The van der Waals surface area contributed by atoms with Crippen LogP contribution in [0.4, 0.5) is 22.0 Å². The first-order chi connectivity index (χ1) is 17.8. The Morgan fingerprint density at radius 1 is 0.865 bits per heavy atom. The minimum atomic E-state index is -0.995. The Labute approximate surface area is 215 Å². The van der Waals surface area contributed by atoms with Gasteiger partial charge in [-0.05, 0) is 91.3 Å². The van der Waals surface area contributed by atoms with Crippen molar-refractivity contribution in [3.05, 3.63) is 105 Å². The largest absolute Gasteiger partial charge is 0.490 e. The molecule has 3 aromatic rings. The molecule has 196 valence electrons. The first kappa shape index (κ1) is 26.9. The number of benzene rings is 3. The number of allylic oxidation sites excluding steroid dienone is 2.